The molecule has 0 spiro atoms. The molecule has 0 aliphatic carbocycles. The quantitative estimate of drug-likeness (QED) is 0.864. The summed E-state index contributed by atoms with van der Waals surface area (Å²) in [5, 5.41) is 0. The van der Waals surface area contributed by atoms with E-state index in [0.717, 1.165) is 43.6 Å². The van der Waals surface area contributed by atoms with E-state index in [-0.39, 0.29) is 0 Å². The fraction of sp³-hybridized carbons (Fsp3) is 0.474. The highest BCUT2D eigenvalue weighted by molar-refractivity contribution is 5.45. The Morgan fingerprint density at radius 1 is 1.00 bits per heavy atom. The molecule has 24 heavy (non-hydrogen) atoms. The topological polar surface area (TPSA) is 35.5 Å². The zero-order chi connectivity index (χ0) is 17.1. The van der Waals surface area contributed by atoms with Gasteiger partial charge in [-0.15, -0.1) is 0 Å². The smallest absolute Gasteiger partial charge is 0.227 e. The minimum atomic E-state index is 0.448. The van der Waals surface area contributed by atoms with Crippen LogP contribution in [0.3, 0.4) is 0 Å². The normalized spacial score (nSPS) is 16.9. The lowest BCUT2D eigenvalue weighted by atomic mass is 10.1. The standard InChI is InChI=1S/C19H27N5/c1-15-14-18(22(3)4)21-19(20-15)24-12-10-23(11-13-24)16(2)17-8-6-5-7-9-17/h5-9,14,16H,10-13H2,1-4H3. The predicted octanol–water partition coefficient (Wildman–Crippen LogP) is 2.73. The second-order valence-corrected chi connectivity index (χ2v) is 6.67. The minimum Gasteiger partial charge on any atom is -0.363 e. The van der Waals surface area contributed by atoms with Crippen LogP contribution in [0.15, 0.2) is 36.4 Å². The van der Waals surface area contributed by atoms with Crippen molar-refractivity contribution in [3.05, 3.63) is 47.7 Å². The Kier molecular flexibility index (Phi) is 5.00. The third-order valence-corrected chi connectivity index (χ3v) is 4.71. The van der Waals surface area contributed by atoms with Gasteiger partial charge in [-0.1, -0.05) is 30.3 Å². The number of hydrogen-bond acceptors (Lipinski definition) is 5. The first-order valence-corrected chi connectivity index (χ1v) is 8.61. The van der Waals surface area contributed by atoms with E-state index in [1.165, 1.54) is 5.56 Å². The van der Waals surface area contributed by atoms with Gasteiger partial charge in [-0.3, -0.25) is 4.90 Å². The van der Waals surface area contributed by atoms with Crippen LogP contribution in [-0.2, 0) is 0 Å². The molecule has 1 atom stereocenters. The van der Waals surface area contributed by atoms with Crippen LogP contribution in [0.25, 0.3) is 0 Å². The van der Waals surface area contributed by atoms with Crippen molar-refractivity contribution < 1.29 is 0 Å². The van der Waals surface area contributed by atoms with E-state index in [1.54, 1.807) is 0 Å². The monoisotopic (exact) mass is 325 g/mol. The van der Waals surface area contributed by atoms with E-state index in [1.807, 2.05) is 32.0 Å². The fourth-order valence-corrected chi connectivity index (χ4v) is 3.16. The van der Waals surface area contributed by atoms with Crippen molar-refractivity contribution >= 4 is 11.8 Å². The Labute approximate surface area is 144 Å². The van der Waals surface area contributed by atoms with Gasteiger partial charge in [0.15, 0.2) is 0 Å². The number of piperazine rings is 1. The van der Waals surface area contributed by atoms with E-state index in [0.29, 0.717) is 6.04 Å². The molecule has 0 saturated carbocycles. The van der Waals surface area contributed by atoms with Crippen molar-refractivity contribution in [3.63, 3.8) is 0 Å². The highest BCUT2D eigenvalue weighted by Crippen LogP contribution is 2.23. The Hall–Kier alpha value is -2.14. The number of hydrogen-bond donors (Lipinski definition) is 0. The van der Waals surface area contributed by atoms with Crippen LogP contribution in [0.5, 0.6) is 0 Å². The molecule has 1 fully saturated rings. The minimum absolute atomic E-state index is 0.448. The lowest BCUT2D eigenvalue weighted by Gasteiger charge is -2.38. The molecular weight excluding hydrogens is 298 g/mol. The molecule has 0 N–H and O–H groups in total. The number of aromatic nitrogens is 2. The molecule has 1 unspecified atom stereocenters. The highest BCUT2D eigenvalue weighted by atomic mass is 15.3. The molecular formula is C19H27N5. The van der Waals surface area contributed by atoms with Gasteiger partial charge in [-0.05, 0) is 19.4 Å². The zero-order valence-corrected chi connectivity index (χ0v) is 15.1. The Morgan fingerprint density at radius 3 is 2.29 bits per heavy atom. The number of nitrogens with zero attached hydrogens (tertiary/aromatic N) is 5. The van der Waals surface area contributed by atoms with E-state index < -0.39 is 0 Å². The van der Waals surface area contributed by atoms with Gasteiger partial charge in [-0.25, -0.2) is 4.98 Å². The van der Waals surface area contributed by atoms with Gasteiger partial charge < -0.3 is 9.80 Å². The molecule has 128 valence electrons. The average molecular weight is 325 g/mol. The molecule has 2 heterocycles. The fourth-order valence-electron chi connectivity index (χ4n) is 3.16. The molecule has 0 amide bonds. The molecule has 0 radical (unpaired) electrons. The molecule has 1 aliphatic rings. The summed E-state index contributed by atoms with van der Waals surface area (Å²) in [6.07, 6.45) is 0. The van der Waals surface area contributed by atoms with Gasteiger partial charge in [-0.2, -0.15) is 4.98 Å². The van der Waals surface area contributed by atoms with Crippen molar-refractivity contribution in [2.75, 3.05) is 50.1 Å². The van der Waals surface area contributed by atoms with Crippen molar-refractivity contribution in [2.24, 2.45) is 0 Å². The van der Waals surface area contributed by atoms with Crippen LogP contribution in [-0.4, -0.2) is 55.1 Å². The average Bonchev–Trinajstić information content (AvgIpc) is 2.61. The number of rotatable bonds is 4. The Morgan fingerprint density at radius 2 is 1.67 bits per heavy atom. The highest BCUT2D eigenvalue weighted by Gasteiger charge is 2.23. The summed E-state index contributed by atoms with van der Waals surface area (Å²) in [6, 6.07) is 13.2. The van der Waals surface area contributed by atoms with Crippen LogP contribution in [0.4, 0.5) is 11.8 Å². The second kappa shape index (κ2) is 7.18. The molecule has 1 aliphatic heterocycles. The predicted molar refractivity (Wildman–Crippen MR) is 99.7 cm³/mol. The maximum atomic E-state index is 4.71. The summed E-state index contributed by atoms with van der Waals surface area (Å²) in [6.45, 7) is 8.32. The molecule has 5 nitrogen and oxygen atoms in total. The third kappa shape index (κ3) is 3.67. The van der Waals surface area contributed by atoms with Crippen LogP contribution < -0.4 is 9.80 Å². The first-order chi connectivity index (χ1) is 11.5. The van der Waals surface area contributed by atoms with Crippen LogP contribution >= 0.6 is 0 Å². The van der Waals surface area contributed by atoms with E-state index in [4.69, 9.17) is 4.98 Å². The van der Waals surface area contributed by atoms with Crippen molar-refractivity contribution in [1.29, 1.82) is 0 Å². The zero-order valence-electron chi connectivity index (χ0n) is 15.1. The maximum absolute atomic E-state index is 4.71. The molecule has 0 bridgehead atoms. The Balaban J connectivity index is 1.67. The first-order valence-electron chi connectivity index (χ1n) is 8.61. The summed E-state index contributed by atoms with van der Waals surface area (Å²) in [7, 11) is 4.04. The van der Waals surface area contributed by atoms with E-state index >= 15 is 0 Å². The summed E-state index contributed by atoms with van der Waals surface area (Å²) >= 11 is 0. The van der Waals surface area contributed by atoms with Gasteiger partial charge in [0.25, 0.3) is 0 Å². The van der Waals surface area contributed by atoms with Gasteiger partial charge in [0.2, 0.25) is 5.95 Å². The number of benzene rings is 1. The van der Waals surface area contributed by atoms with Gasteiger partial charge in [0, 0.05) is 58.1 Å². The van der Waals surface area contributed by atoms with E-state index in [2.05, 4.69) is 52.0 Å². The molecule has 1 aromatic heterocycles. The third-order valence-electron chi connectivity index (χ3n) is 4.71. The molecule has 2 aromatic rings. The lowest BCUT2D eigenvalue weighted by molar-refractivity contribution is 0.198. The largest absolute Gasteiger partial charge is 0.363 e. The van der Waals surface area contributed by atoms with Crippen molar-refractivity contribution in [1.82, 2.24) is 14.9 Å². The van der Waals surface area contributed by atoms with Gasteiger partial charge in [0.1, 0.15) is 5.82 Å². The molecule has 3 rings (SSSR count). The van der Waals surface area contributed by atoms with Crippen LogP contribution in [0.1, 0.15) is 24.2 Å². The maximum Gasteiger partial charge on any atom is 0.227 e. The first kappa shape index (κ1) is 16.7. The molecule has 1 aromatic carbocycles. The molecule has 5 heteroatoms. The summed E-state index contributed by atoms with van der Waals surface area (Å²) in [5.74, 6) is 1.82. The lowest BCUT2D eigenvalue weighted by Crippen LogP contribution is -2.47. The van der Waals surface area contributed by atoms with E-state index in [9.17, 15) is 0 Å². The number of anilines is 2. The van der Waals surface area contributed by atoms with Gasteiger partial charge >= 0.3 is 0 Å². The summed E-state index contributed by atoms with van der Waals surface area (Å²) < 4.78 is 0. The Bertz CT molecular complexity index is 663. The van der Waals surface area contributed by atoms with Crippen molar-refractivity contribution in [3.8, 4) is 0 Å². The number of aryl methyl sites for hydroxylation is 1. The summed E-state index contributed by atoms with van der Waals surface area (Å²) in [5.41, 5.74) is 2.40. The van der Waals surface area contributed by atoms with Crippen LogP contribution in [0, 0.1) is 6.92 Å². The SMILES string of the molecule is Cc1cc(N(C)C)nc(N2CCN(C(C)c3ccccc3)CC2)n1. The van der Waals surface area contributed by atoms with Crippen molar-refractivity contribution in [2.45, 2.75) is 19.9 Å². The van der Waals surface area contributed by atoms with Crippen LogP contribution in [0.2, 0.25) is 0 Å². The van der Waals surface area contributed by atoms with Gasteiger partial charge in [0.05, 0.1) is 0 Å². The second-order valence-electron chi connectivity index (χ2n) is 6.67. The summed E-state index contributed by atoms with van der Waals surface area (Å²) in [4.78, 5) is 16.2. The molecule has 1 saturated heterocycles.